The number of aliphatic hydroxyl groups excluding tert-OH is 2. The van der Waals surface area contributed by atoms with Crippen molar-refractivity contribution in [3.63, 3.8) is 0 Å². The van der Waals surface area contributed by atoms with E-state index in [0.29, 0.717) is 32.2 Å². The molecule has 1 heterocycles. The zero-order valence-electron chi connectivity index (χ0n) is 25.1. The Kier molecular flexibility index (Phi) is 13.7. The van der Waals surface area contributed by atoms with E-state index >= 15 is 0 Å². The van der Waals surface area contributed by atoms with Crippen molar-refractivity contribution in [2.45, 2.75) is 96.8 Å². The molecule has 0 bridgehead atoms. The lowest BCUT2D eigenvalue weighted by molar-refractivity contribution is -0.137. The van der Waals surface area contributed by atoms with Crippen molar-refractivity contribution in [1.29, 1.82) is 0 Å². The molecule has 0 aromatic heterocycles. The lowest BCUT2D eigenvalue weighted by atomic mass is 9.97. The molecule has 0 spiro atoms. The van der Waals surface area contributed by atoms with Crippen LogP contribution in [0.3, 0.4) is 0 Å². The van der Waals surface area contributed by atoms with Crippen LogP contribution in [0.5, 0.6) is 0 Å². The predicted molar refractivity (Wildman–Crippen MR) is 161 cm³/mol. The topological polar surface area (TPSA) is 143 Å². The second-order valence-electron chi connectivity index (χ2n) is 11.3. The molecule has 10 heteroatoms. The lowest BCUT2D eigenvalue weighted by Crippen LogP contribution is -2.63. The van der Waals surface area contributed by atoms with Gasteiger partial charge in [0.2, 0.25) is 17.7 Å². The Labute approximate surface area is 244 Å². The first-order valence-electron chi connectivity index (χ1n) is 14.5. The van der Waals surface area contributed by atoms with Gasteiger partial charge in [0.25, 0.3) is 0 Å². The summed E-state index contributed by atoms with van der Waals surface area (Å²) in [7, 11) is 0. The molecule has 1 aromatic carbocycles. The number of hydrogen-bond acceptors (Lipinski definition) is 7. The van der Waals surface area contributed by atoms with Crippen LogP contribution in [0.4, 0.5) is 0 Å². The van der Waals surface area contributed by atoms with Crippen molar-refractivity contribution in [2.24, 2.45) is 11.8 Å². The van der Waals surface area contributed by atoms with Crippen LogP contribution in [0.2, 0.25) is 0 Å². The minimum atomic E-state index is -1.11. The summed E-state index contributed by atoms with van der Waals surface area (Å²) in [5, 5.41) is 31.5. The zero-order valence-corrected chi connectivity index (χ0v) is 25.1. The molecule has 7 atom stereocenters. The van der Waals surface area contributed by atoms with E-state index in [0.717, 1.165) is 11.1 Å². The van der Waals surface area contributed by atoms with Crippen molar-refractivity contribution >= 4 is 23.8 Å². The Morgan fingerprint density at radius 3 is 2.41 bits per heavy atom. The molecule has 2 rings (SSSR count). The molecule has 41 heavy (non-hydrogen) atoms. The van der Waals surface area contributed by atoms with Crippen LogP contribution in [-0.2, 0) is 14.4 Å². The quantitative estimate of drug-likeness (QED) is 0.178. The van der Waals surface area contributed by atoms with Crippen LogP contribution in [0.15, 0.2) is 43.5 Å². The number of allylic oxidation sites excluding steroid dienone is 1. The normalized spacial score (nSPS) is 20.1. The van der Waals surface area contributed by atoms with Gasteiger partial charge in [-0.3, -0.25) is 14.4 Å². The largest absolute Gasteiger partial charge is 0.392 e. The molecule has 1 fully saturated rings. The van der Waals surface area contributed by atoms with Gasteiger partial charge in [-0.25, -0.2) is 10.4 Å². The van der Waals surface area contributed by atoms with Gasteiger partial charge >= 0.3 is 0 Å². The Hall–Kier alpha value is -3.05. The average Bonchev–Trinajstić information content (AvgIpc) is 2.97. The number of aliphatic hydroxyl groups is 2. The van der Waals surface area contributed by atoms with Gasteiger partial charge in [-0.05, 0) is 62.6 Å². The van der Waals surface area contributed by atoms with Crippen LogP contribution in [0.1, 0.15) is 77.5 Å². The summed E-state index contributed by atoms with van der Waals surface area (Å²) >= 11 is 0. The molecule has 3 amide bonds. The third-order valence-corrected chi connectivity index (χ3v) is 7.58. The van der Waals surface area contributed by atoms with E-state index in [9.17, 15) is 24.6 Å². The SMILES string of the molecule is C=CCC[C@@H](O)[C@@H](C)C(=O)N[C@H](C(=O)N[C@@H](C)C(O)N1CCC[C@@H](C(=O)N[C@H](C)c2cccc(C=C)c2)N1)C(C)C. The molecular weight excluding hydrogens is 522 g/mol. The first-order chi connectivity index (χ1) is 19.4. The van der Waals surface area contributed by atoms with Crippen LogP contribution in [0, 0.1) is 11.8 Å². The highest BCUT2D eigenvalue weighted by atomic mass is 16.3. The number of hydrogen-bond donors (Lipinski definition) is 6. The van der Waals surface area contributed by atoms with Gasteiger partial charge in [0.05, 0.1) is 24.1 Å². The van der Waals surface area contributed by atoms with Gasteiger partial charge in [-0.2, -0.15) is 0 Å². The highest BCUT2D eigenvalue weighted by Crippen LogP contribution is 2.18. The molecule has 1 aliphatic rings. The maximum atomic E-state index is 13.1. The summed E-state index contributed by atoms with van der Waals surface area (Å²) in [5.41, 5.74) is 5.05. The maximum Gasteiger partial charge on any atom is 0.243 e. The summed E-state index contributed by atoms with van der Waals surface area (Å²) < 4.78 is 0. The number of amides is 3. The summed E-state index contributed by atoms with van der Waals surface area (Å²) in [6, 6.07) is 5.49. The van der Waals surface area contributed by atoms with Gasteiger partial charge in [0.15, 0.2) is 0 Å². The third-order valence-electron chi connectivity index (χ3n) is 7.58. The third kappa shape index (κ3) is 10.1. The van der Waals surface area contributed by atoms with Crippen LogP contribution in [0.25, 0.3) is 6.08 Å². The molecule has 10 nitrogen and oxygen atoms in total. The van der Waals surface area contributed by atoms with E-state index in [-0.39, 0.29) is 17.9 Å². The van der Waals surface area contributed by atoms with Gasteiger partial charge in [0, 0.05) is 6.54 Å². The summed E-state index contributed by atoms with van der Waals surface area (Å²) in [5.74, 6) is -1.95. The smallest absolute Gasteiger partial charge is 0.243 e. The fraction of sp³-hybridized carbons (Fsp3) is 0.581. The Morgan fingerprint density at radius 1 is 1.07 bits per heavy atom. The number of nitrogens with zero attached hydrogens (tertiary/aromatic N) is 1. The van der Waals surface area contributed by atoms with Crippen LogP contribution in [-0.4, -0.2) is 69.9 Å². The zero-order chi connectivity index (χ0) is 30.7. The molecule has 0 aliphatic carbocycles. The van der Waals surface area contributed by atoms with Gasteiger partial charge in [-0.1, -0.05) is 57.7 Å². The van der Waals surface area contributed by atoms with Gasteiger partial charge in [-0.15, -0.1) is 6.58 Å². The number of hydrazine groups is 1. The highest BCUT2D eigenvalue weighted by Gasteiger charge is 2.34. The van der Waals surface area contributed by atoms with E-state index in [1.165, 1.54) is 0 Å². The van der Waals surface area contributed by atoms with E-state index in [1.54, 1.807) is 31.0 Å². The molecule has 0 radical (unpaired) electrons. The van der Waals surface area contributed by atoms with E-state index in [1.807, 2.05) is 45.0 Å². The molecule has 1 aromatic rings. The predicted octanol–water partition coefficient (Wildman–Crippen LogP) is 2.40. The molecule has 1 aliphatic heterocycles. The first-order valence-corrected chi connectivity index (χ1v) is 14.5. The monoisotopic (exact) mass is 571 g/mol. The molecule has 228 valence electrons. The van der Waals surface area contributed by atoms with Gasteiger partial charge in [0.1, 0.15) is 18.3 Å². The minimum absolute atomic E-state index is 0.179. The second kappa shape index (κ2) is 16.4. The summed E-state index contributed by atoms with van der Waals surface area (Å²) in [4.78, 5) is 38.9. The van der Waals surface area contributed by atoms with Crippen molar-refractivity contribution in [3.05, 3.63) is 54.6 Å². The van der Waals surface area contributed by atoms with E-state index in [2.05, 4.69) is 34.5 Å². The fourth-order valence-corrected chi connectivity index (χ4v) is 4.74. The number of nitrogens with one attached hydrogen (secondary N) is 4. The molecule has 1 unspecified atom stereocenters. The van der Waals surface area contributed by atoms with E-state index in [4.69, 9.17) is 0 Å². The van der Waals surface area contributed by atoms with Crippen molar-refractivity contribution in [2.75, 3.05) is 6.54 Å². The molecule has 1 saturated heterocycles. The average molecular weight is 572 g/mol. The Bertz CT molecular complexity index is 1050. The standard InChI is InChI=1S/C31H49N5O5/c1-8-10-16-26(37)20(5)28(38)34-27(19(3)4)30(40)33-22(7)31(41)36-17-12-15-25(35-36)29(39)32-21(6)24-14-11-13-23(9-2)18-24/h8-9,11,13-14,18-22,25-27,31,35,37,41H,1-2,10,12,15-17H2,3-7H3,(H,32,39)(H,33,40)(H,34,38)/t20-,21-,22+,25+,26-,27+,31?/m1/s1. The van der Waals surface area contributed by atoms with Crippen molar-refractivity contribution in [1.82, 2.24) is 26.4 Å². The number of benzene rings is 1. The first kappa shape index (κ1) is 34.2. The van der Waals surface area contributed by atoms with E-state index < -0.39 is 48.2 Å². The lowest BCUT2D eigenvalue weighted by Gasteiger charge is -2.39. The fourth-order valence-electron chi connectivity index (χ4n) is 4.74. The second-order valence-corrected chi connectivity index (χ2v) is 11.3. The number of rotatable bonds is 15. The minimum Gasteiger partial charge on any atom is -0.392 e. The Balaban J connectivity index is 1.95. The van der Waals surface area contributed by atoms with Crippen LogP contribution < -0.4 is 21.4 Å². The molecule has 6 N–H and O–H groups in total. The van der Waals surface area contributed by atoms with Gasteiger partial charge < -0.3 is 26.2 Å². The summed E-state index contributed by atoms with van der Waals surface area (Å²) in [6.45, 7) is 16.8. The highest BCUT2D eigenvalue weighted by molar-refractivity contribution is 5.89. The van der Waals surface area contributed by atoms with Crippen LogP contribution >= 0.6 is 0 Å². The number of carbonyl (C=O) groups is 3. The maximum absolute atomic E-state index is 13.1. The molecular formula is C31H49N5O5. The molecule has 0 saturated carbocycles. The van der Waals surface area contributed by atoms with Crippen molar-refractivity contribution < 1.29 is 24.6 Å². The number of carbonyl (C=O) groups excluding carboxylic acids is 3. The Morgan fingerprint density at radius 2 is 1.78 bits per heavy atom. The van der Waals surface area contributed by atoms with Crippen molar-refractivity contribution in [3.8, 4) is 0 Å². The summed E-state index contributed by atoms with van der Waals surface area (Å²) in [6.07, 6.45) is 3.75.